The van der Waals surface area contributed by atoms with Crippen LogP contribution in [-0.4, -0.2) is 42.6 Å². The Labute approximate surface area is 98.2 Å². The zero-order valence-electron chi connectivity index (χ0n) is 10.6. The molecule has 1 aromatic heterocycles. The molecule has 2 rings (SSSR count). The Hall–Kier alpha value is -0.800. The number of nitrogens with one attached hydrogen (secondary N) is 2. The van der Waals surface area contributed by atoms with Gasteiger partial charge in [0, 0.05) is 44.1 Å². The van der Waals surface area contributed by atoms with Gasteiger partial charge in [0.2, 0.25) is 0 Å². The van der Waals surface area contributed by atoms with Gasteiger partial charge in [0.25, 0.3) is 0 Å². The van der Waals surface area contributed by atoms with E-state index in [0.29, 0.717) is 5.92 Å². The molecular formula is C13H23N3. The molecule has 1 aromatic rings. The Morgan fingerprint density at radius 1 is 1.31 bits per heavy atom. The topological polar surface area (TPSA) is 31.1 Å². The van der Waals surface area contributed by atoms with Crippen molar-refractivity contribution >= 4 is 0 Å². The number of rotatable bonds is 3. The summed E-state index contributed by atoms with van der Waals surface area (Å²) in [5.74, 6) is 0.628. The first-order valence-corrected chi connectivity index (χ1v) is 6.26. The van der Waals surface area contributed by atoms with Crippen molar-refractivity contribution in [3.05, 3.63) is 23.0 Å². The fourth-order valence-corrected chi connectivity index (χ4v) is 2.64. The summed E-state index contributed by atoms with van der Waals surface area (Å²) >= 11 is 0. The molecule has 1 aliphatic rings. The van der Waals surface area contributed by atoms with Gasteiger partial charge in [-0.05, 0) is 31.4 Å². The van der Waals surface area contributed by atoms with Crippen molar-refractivity contribution in [1.29, 1.82) is 0 Å². The minimum absolute atomic E-state index is 0.628. The lowest BCUT2D eigenvalue weighted by molar-refractivity contribution is 0.230. The lowest BCUT2D eigenvalue weighted by Gasteiger charge is -2.29. The fraction of sp³-hybridized carbons (Fsp3) is 0.692. The molecule has 90 valence electrons. The second-order valence-corrected chi connectivity index (χ2v) is 4.98. The molecule has 1 saturated heterocycles. The maximum atomic E-state index is 3.40. The van der Waals surface area contributed by atoms with E-state index in [2.05, 4.69) is 42.0 Å². The molecule has 0 radical (unpaired) electrons. The predicted molar refractivity (Wildman–Crippen MR) is 68.0 cm³/mol. The predicted octanol–water partition coefficient (Wildman–Crippen LogP) is 1.64. The Balaban J connectivity index is 1.96. The number of H-pyrrole nitrogens is 1. The van der Waals surface area contributed by atoms with E-state index in [4.69, 9.17) is 0 Å². The number of nitrogens with zero attached hydrogens (tertiary/aromatic N) is 1. The van der Waals surface area contributed by atoms with Crippen LogP contribution in [0.25, 0.3) is 0 Å². The summed E-state index contributed by atoms with van der Waals surface area (Å²) in [6.07, 6.45) is 0. The first kappa shape index (κ1) is 11.7. The maximum Gasteiger partial charge on any atom is 0.0153 e. The average Bonchev–Trinajstić information content (AvgIpc) is 2.59. The van der Waals surface area contributed by atoms with Crippen LogP contribution in [0, 0.1) is 13.8 Å². The highest BCUT2D eigenvalue weighted by molar-refractivity contribution is 5.27. The third kappa shape index (κ3) is 2.66. The van der Waals surface area contributed by atoms with Crippen LogP contribution in [0.15, 0.2) is 6.07 Å². The third-order valence-corrected chi connectivity index (χ3v) is 3.46. The van der Waals surface area contributed by atoms with Gasteiger partial charge in [-0.2, -0.15) is 0 Å². The van der Waals surface area contributed by atoms with Crippen LogP contribution < -0.4 is 5.32 Å². The lowest BCUT2D eigenvalue weighted by Crippen LogP contribution is -2.44. The van der Waals surface area contributed by atoms with E-state index >= 15 is 0 Å². The number of aromatic amines is 1. The zero-order chi connectivity index (χ0) is 11.5. The molecule has 3 nitrogen and oxygen atoms in total. The Morgan fingerprint density at radius 3 is 2.56 bits per heavy atom. The first-order valence-electron chi connectivity index (χ1n) is 6.26. The lowest BCUT2D eigenvalue weighted by atomic mass is 10.0. The van der Waals surface area contributed by atoms with Gasteiger partial charge in [0.05, 0.1) is 0 Å². The molecule has 1 fully saturated rings. The minimum Gasteiger partial charge on any atom is -0.362 e. The molecule has 0 aromatic carbocycles. The molecule has 0 aliphatic carbocycles. The number of piperazine rings is 1. The smallest absolute Gasteiger partial charge is 0.0153 e. The van der Waals surface area contributed by atoms with Gasteiger partial charge in [-0.25, -0.2) is 0 Å². The van der Waals surface area contributed by atoms with Crippen LogP contribution in [0.3, 0.4) is 0 Å². The van der Waals surface area contributed by atoms with Crippen LogP contribution in [0.4, 0.5) is 0 Å². The minimum atomic E-state index is 0.628. The average molecular weight is 221 g/mol. The number of hydrogen-bond donors (Lipinski definition) is 2. The summed E-state index contributed by atoms with van der Waals surface area (Å²) < 4.78 is 0. The van der Waals surface area contributed by atoms with Crippen molar-refractivity contribution in [2.24, 2.45) is 0 Å². The SMILES string of the molecule is Cc1cc(C(C)CN2CCNCC2)c(C)[nH]1. The van der Waals surface area contributed by atoms with Crippen molar-refractivity contribution in [3.8, 4) is 0 Å². The monoisotopic (exact) mass is 221 g/mol. The summed E-state index contributed by atoms with van der Waals surface area (Å²) in [6, 6.07) is 2.29. The highest BCUT2D eigenvalue weighted by Gasteiger charge is 2.16. The third-order valence-electron chi connectivity index (χ3n) is 3.46. The Bertz CT molecular complexity index is 337. The van der Waals surface area contributed by atoms with E-state index in [-0.39, 0.29) is 0 Å². The molecular weight excluding hydrogens is 198 g/mol. The van der Waals surface area contributed by atoms with Crippen LogP contribution in [0.5, 0.6) is 0 Å². The number of aromatic nitrogens is 1. The maximum absolute atomic E-state index is 3.40. The van der Waals surface area contributed by atoms with Gasteiger partial charge >= 0.3 is 0 Å². The molecule has 3 heteroatoms. The number of hydrogen-bond acceptors (Lipinski definition) is 2. The normalized spacial score (nSPS) is 19.9. The fourth-order valence-electron chi connectivity index (χ4n) is 2.64. The van der Waals surface area contributed by atoms with Crippen LogP contribution in [-0.2, 0) is 0 Å². The Morgan fingerprint density at radius 2 is 2.00 bits per heavy atom. The van der Waals surface area contributed by atoms with Crippen molar-refractivity contribution in [2.75, 3.05) is 32.7 Å². The molecule has 2 heterocycles. The van der Waals surface area contributed by atoms with Crippen LogP contribution in [0.1, 0.15) is 29.8 Å². The van der Waals surface area contributed by atoms with Crippen molar-refractivity contribution < 1.29 is 0 Å². The quantitative estimate of drug-likeness (QED) is 0.813. The van der Waals surface area contributed by atoms with Gasteiger partial charge in [-0.1, -0.05) is 6.92 Å². The summed E-state index contributed by atoms with van der Waals surface area (Å²) in [4.78, 5) is 5.95. The molecule has 1 atom stereocenters. The summed E-state index contributed by atoms with van der Waals surface area (Å²) in [6.45, 7) is 12.5. The van der Waals surface area contributed by atoms with Crippen molar-refractivity contribution in [1.82, 2.24) is 15.2 Å². The molecule has 0 amide bonds. The molecule has 2 N–H and O–H groups in total. The van der Waals surface area contributed by atoms with Gasteiger partial charge in [-0.3, -0.25) is 0 Å². The molecule has 0 bridgehead atoms. The second kappa shape index (κ2) is 5.02. The van der Waals surface area contributed by atoms with Crippen molar-refractivity contribution in [3.63, 3.8) is 0 Å². The summed E-state index contributed by atoms with van der Waals surface area (Å²) in [7, 11) is 0. The second-order valence-electron chi connectivity index (χ2n) is 4.98. The van der Waals surface area contributed by atoms with Gasteiger partial charge in [0.15, 0.2) is 0 Å². The largest absolute Gasteiger partial charge is 0.362 e. The Kier molecular flexibility index (Phi) is 3.66. The highest BCUT2D eigenvalue weighted by Crippen LogP contribution is 2.21. The van der Waals surface area contributed by atoms with E-state index in [1.165, 1.54) is 36.6 Å². The molecule has 1 unspecified atom stereocenters. The molecule has 0 spiro atoms. The van der Waals surface area contributed by atoms with E-state index in [1.54, 1.807) is 0 Å². The molecule has 16 heavy (non-hydrogen) atoms. The number of aryl methyl sites for hydroxylation is 2. The summed E-state index contributed by atoms with van der Waals surface area (Å²) in [5, 5.41) is 3.40. The highest BCUT2D eigenvalue weighted by atomic mass is 15.2. The molecule has 0 saturated carbocycles. The summed E-state index contributed by atoms with van der Waals surface area (Å²) in [5.41, 5.74) is 4.09. The van der Waals surface area contributed by atoms with E-state index in [9.17, 15) is 0 Å². The first-order chi connectivity index (χ1) is 7.66. The van der Waals surface area contributed by atoms with Gasteiger partial charge in [0.1, 0.15) is 0 Å². The van der Waals surface area contributed by atoms with Crippen LogP contribution >= 0.6 is 0 Å². The van der Waals surface area contributed by atoms with Crippen LogP contribution in [0.2, 0.25) is 0 Å². The standard InChI is InChI=1S/C13H23N3/c1-10(9-16-6-4-14-5-7-16)13-8-11(2)15-12(13)3/h8,10,14-15H,4-7,9H2,1-3H3. The van der Waals surface area contributed by atoms with E-state index < -0.39 is 0 Å². The van der Waals surface area contributed by atoms with Crippen molar-refractivity contribution in [2.45, 2.75) is 26.7 Å². The molecule has 1 aliphatic heterocycles. The van der Waals surface area contributed by atoms with E-state index in [0.717, 1.165) is 13.1 Å². The van der Waals surface area contributed by atoms with Gasteiger partial charge < -0.3 is 15.2 Å². The van der Waals surface area contributed by atoms with E-state index in [1.807, 2.05) is 0 Å². The van der Waals surface area contributed by atoms with Gasteiger partial charge in [-0.15, -0.1) is 0 Å². The zero-order valence-corrected chi connectivity index (χ0v) is 10.6.